The lowest BCUT2D eigenvalue weighted by Gasteiger charge is -2.09. The largest absolute Gasteiger partial charge is 0.439 e. The molecular weight excluding hydrogens is 389 g/mol. The Morgan fingerprint density at radius 1 is 0.862 bits per heavy atom. The highest BCUT2D eigenvalue weighted by Gasteiger charge is 2.30. The molecule has 3 rings (SSSR count). The summed E-state index contributed by atoms with van der Waals surface area (Å²) in [6, 6.07) is 12.4. The number of hydrazine groups is 1. The van der Waals surface area contributed by atoms with Gasteiger partial charge in [0.25, 0.3) is 11.8 Å². The van der Waals surface area contributed by atoms with Crippen molar-refractivity contribution in [3.05, 3.63) is 83.8 Å². The summed E-state index contributed by atoms with van der Waals surface area (Å²) in [6.45, 7) is 0. The number of amides is 2. The van der Waals surface area contributed by atoms with E-state index in [0.29, 0.717) is 6.20 Å². The molecule has 1 aromatic carbocycles. The van der Waals surface area contributed by atoms with Crippen molar-refractivity contribution in [2.24, 2.45) is 0 Å². The average molecular weight is 402 g/mol. The fourth-order valence-electron chi connectivity index (χ4n) is 2.15. The number of carbonyl (C=O) groups excluding carboxylic acids is 2. The standard InChI is InChI=1S/C19H13F3N4O3/c20-19(21,22)13-6-9-16(24-11-13)29-14-7-4-12(5-8-14)17(27)25-26-18(28)15-3-1-2-10-23-15/h1-11H,(H,25,27)(H,26,28). The summed E-state index contributed by atoms with van der Waals surface area (Å²) in [5, 5.41) is 0. The second-order valence-electron chi connectivity index (χ2n) is 5.63. The number of nitrogens with one attached hydrogen (secondary N) is 2. The molecule has 3 aromatic rings. The van der Waals surface area contributed by atoms with Crippen LogP contribution >= 0.6 is 0 Å². The van der Waals surface area contributed by atoms with E-state index >= 15 is 0 Å². The Morgan fingerprint density at radius 3 is 2.17 bits per heavy atom. The summed E-state index contributed by atoms with van der Waals surface area (Å²) in [6.07, 6.45) is -2.37. The van der Waals surface area contributed by atoms with Crippen molar-refractivity contribution in [1.82, 2.24) is 20.8 Å². The lowest BCUT2D eigenvalue weighted by atomic mass is 10.2. The number of carbonyl (C=O) groups is 2. The number of pyridine rings is 2. The van der Waals surface area contributed by atoms with Crippen LogP contribution in [-0.2, 0) is 6.18 Å². The molecule has 2 amide bonds. The quantitative estimate of drug-likeness (QED) is 0.653. The third-order valence-electron chi connectivity index (χ3n) is 3.59. The lowest BCUT2D eigenvalue weighted by Crippen LogP contribution is -2.41. The zero-order valence-electron chi connectivity index (χ0n) is 14.6. The van der Waals surface area contributed by atoms with Gasteiger partial charge in [-0.2, -0.15) is 13.2 Å². The first-order valence-electron chi connectivity index (χ1n) is 8.16. The number of alkyl halides is 3. The van der Waals surface area contributed by atoms with Crippen LogP contribution in [0.25, 0.3) is 0 Å². The summed E-state index contributed by atoms with van der Waals surface area (Å²) < 4.78 is 42.9. The lowest BCUT2D eigenvalue weighted by molar-refractivity contribution is -0.137. The Labute approximate surface area is 162 Å². The summed E-state index contributed by atoms with van der Waals surface area (Å²) in [4.78, 5) is 31.4. The van der Waals surface area contributed by atoms with Crippen LogP contribution in [0.4, 0.5) is 13.2 Å². The van der Waals surface area contributed by atoms with Gasteiger partial charge in [0.05, 0.1) is 5.56 Å². The Kier molecular flexibility index (Phi) is 5.72. The molecule has 10 heteroatoms. The van der Waals surface area contributed by atoms with E-state index in [1.807, 2.05) is 0 Å². The van der Waals surface area contributed by atoms with E-state index < -0.39 is 23.6 Å². The zero-order valence-corrected chi connectivity index (χ0v) is 14.6. The maximum atomic E-state index is 12.5. The molecule has 0 atom stereocenters. The Morgan fingerprint density at radius 2 is 1.59 bits per heavy atom. The molecular formula is C19H13F3N4O3. The maximum Gasteiger partial charge on any atom is 0.417 e. The van der Waals surface area contributed by atoms with Crippen LogP contribution in [0.1, 0.15) is 26.4 Å². The molecule has 0 fully saturated rings. The zero-order chi connectivity index (χ0) is 20.9. The number of hydrogen-bond acceptors (Lipinski definition) is 5. The average Bonchev–Trinajstić information content (AvgIpc) is 2.72. The molecule has 0 saturated carbocycles. The van der Waals surface area contributed by atoms with Gasteiger partial charge in [-0.05, 0) is 42.5 Å². The summed E-state index contributed by atoms with van der Waals surface area (Å²) in [7, 11) is 0. The van der Waals surface area contributed by atoms with Crippen molar-refractivity contribution in [2.75, 3.05) is 0 Å². The van der Waals surface area contributed by atoms with Crippen LogP contribution in [0.15, 0.2) is 67.0 Å². The van der Waals surface area contributed by atoms with E-state index in [1.54, 1.807) is 12.1 Å². The minimum Gasteiger partial charge on any atom is -0.439 e. The van der Waals surface area contributed by atoms with Crippen molar-refractivity contribution in [3.63, 3.8) is 0 Å². The first-order valence-corrected chi connectivity index (χ1v) is 8.16. The minimum absolute atomic E-state index is 0.0298. The van der Waals surface area contributed by atoms with Crippen LogP contribution in [0.3, 0.4) is 0 Å². The van der Waals surface area contributed by atoms with E-state index in [4.69, 9.17) is 4.74 Å². The van der Waals surface area contributed by atoms with Gasteiger partial charge in [0.15, 0.2) is 0 Å². The summed E-state index contributed by atoms with van der Waals surface area (Å²) >= 11 is 0. The summed E-state index contributed by atoms with van der Waals surface area (Å²) in [5.74, 6) is -0.912. The van der Waals surface area contributed by atoms with Crippen molar-refractivity contribution in [2.45, 2.75) is 6.18 Å². The molecule has 0 unspecified atom stereocenters. The van der Waals surface area contributed by atoms with Crippen LogP contribution in [0.2, 0.25) is 0 Å². The van der Waals surface area contributed by atoms with Crippen molar-refractivity contribution in [3.8, 4) is 11.6 Å². The number of rotatable bonds is 4. The number of nitrogens with zero attached hydrogens (tertiary/aromatic N) is 2. The molecule has 29 heavy (non-hydrogen) atoms. The van der Waals surface area contributed by atoms with E-state index in [9.17, 15) is 22.8 Å². The highest BCUT2D eigenvalue weighted by Crippen LogP contribution is 2.30. The fourth-order valence-corrected chi connectivity index (χ4v) is 2.15. The second kappa shape index (κ2) is 8.38. The molecule has 0 spiro atoms. The molecule has 2 heterocycles. The predicted molar refractivity (Wildman–Crippen MR) is 94.9 cm³/mol. The third kappa shape index (κ3) is 5.28. The van der Waals surface area contributed by atoms with Crippen molar-refractivity contribution < 1.29 is 27.5 Å². The predicted octanol–water partition coefficient (Wildman–Crippen LogP) is 3.36. The van der Waals surface area contributed by atoms with Crippen LogP contribution in [0, 0.1) is 0 Å². The van der Waals surface area contributed by atoms with Gasteiger partial charge in [-0.3, -0.25) is 25.4 Å². The van der Waals surface area contributed by atoms with Gasteiger partial charge >= 0.3 is 6.18 Å². The monoisotopic (exact) mass is 402 g/mol. The maximum absolute atomic E-state index is 12.5. The molecule has 7 nitrogen and oxygen atoms in total. The Balaban J connectivity index is 1.56. The van der Waals surface area contributed by atoms with Crippen LogP contribution in [-0.4, -0.2) is 21.8 Å². The van der Waals surface area contributed by atoms with Gasteiger partial charge in [-0.1, -0.05) is 6.07 Å². The topological polar surface area (TPSA) is 93.2 Å². The number of halogens is 3. The first kappa shape index (κ1) is 19.8. The fraction of sp³-hybridized carbons (Fsp3) is 0.0526. The van der Waals surface area contributed by atoms with Gasteiger partial charge in [0.2, 0.25) is 5.88 Å². The molecule has 0 aliphatic rings. The van der Waals surface area contributed by atoms with Gasteiger partial charge in [0, 0.05) is 24.0 Å². The van der Waals surface area contributed by atoms with E-state index in [-0.39, 0.29) is 22.9 Å². The minimum atomic E-state index is -4.48. The van der Waals surface area contributed by atoms with E-state index in [1.165, 1.54) is 36.5 Å². The Hall–Kier alpha value is -3.95. The molecule has 0 radical (unpaired) electrons. The van der Waals surface area contributed by atoms with E-state index in [2.05, 4.69) is 20.8 Å². The number of ether oxygens (including phenoxy) is 1. The Bertz CT molecular complexity index is 992. The highest BCUT2D eigenvalue weighted by molar-refractivity contribution is 5.98. The number of hydrogen-bond donors (Lipinski definition) is 2. The second-order valence-corrected chi connectivity index (χ2v) is 5.63. The van der Waals surface area contributed by atoms with Crippen LogP contribution in [0.5, 0.6) is 11.6 Å². The first-order chi connectivity index (χ1) is 13.8. The van der Waals surface area contributed by atoms with Gasteiger partial charge in [0.1, 0.15) is 11.4 Å². The molecule has 2 N–H and O–H groups in total. The molecule has 0 bridgehead atoms. The molecule has 0 aliphatic heterocycles. The van der Waals surface area contributed by atoms with Crippen LogP contribution < -0.4 is 15.6 Å². The number of benzene rings is 1. The SMILES string of the molecule is O=C(NNC(=O)c1ccccn1)c1ccc(Oc2ccc(C(F)(F)F)cn2)cc1. The molecule has 0 aliphatic carbocycles. The molecule has 0 saturated heterocycles. The van der Waals surface area contributed by atoms with Crippen molar-refractivity contribution >= 4 is 11.8 Å². The molecule has 2 aromatic heterocycles. The molecule has 148 valence electrons. The smallest absolute Gasteiger partial charge is 0.417 e. The van der Waals surface area contributed by atoms with E-state index in [0.717, 1.165) is 12.1 Å². The van der Waals surface area contributed by atoms with Gasteiger partial charge in [-0.25, -0.2) is 4.98 Å². The highest BCUT2D eigenvalue weighted by atomic mass is 19.4. The van der Waals surface area contributed by atoms with Gasteiger partial charge in [-0.15, -0.1) is 0 Å². The van der Waals surface area contributed by atoms with Crippen molar-refractivity contribution in [1.29, 1.82) is 0 Å². The van der Waals surface area contributed by atoms with Gasteiger partial charge < -0.3 is 4.74 Å². The normalized spacial score (nSPS) is 10.9. The third-order valence-corrected chi connectivity index (χ3v) is 3.59. The number of aromatic nitrogens is 2. The summed E-state index contributed by atoms with van der Waals surface area (Å²) in [5.41, 5.74) is 3.96.